The molecule has 11 heavy (non-hydrogen) atoms. The van der Waals surface area contributed by atoms with Crippen molar-refractivity contribution in [2.45, 2.75) is 50.1 Å². The Morgan fingerprint density at radius 2 is 2.09 bits per heavy atom. The predicted octanol–water partition coefficient (Wildman–Crippen LogP) is 1.01. The van der Waals surface area contributed by atoms with Gasteiger partial charge in [-0.05, 0) is 25.8 Å². The SMILES string of the molecule is NC12CCCCCC1NCC2. The number of nitrogens with two attached hydrogens (primary N) is 1. The predicted molar refractivity (Wildman–Crippen MR) is 46.4 cm³/mol. The first-order valence-corrected chi connectivity index (χ1v) is 4.83. The van der Waals surface area contributed by atoms with E-state index >= 15 is 0 Å². The second-order valence-corrected chi connectivity index (χ2v) is 4.09. The minimum Gasteiger partial charge on any atom is -0.324 e. The van der Waals surface area contributed by atoms with Crippen molar-refractivity contribution < 1.29 is 0 Å². The summed E-state index contributed by atoms with van der Waals surface area (Å²) >= 11 is 0. The molecule has 0 aromatic rings. The third kappa shape index (κ3) is 1.30. The summed E-state index contributed by atoms with van der Waals surface area (Å²) in [6, 6.07) is 0.630. The molecule has 2 rings (SSSR count). The highest BCUT2D eigenvalue weighted by Gasteiger charge is 2.39. The second kappa shape index (κ2) is 2.76. The maximum absolute atomic E-state index is 6.30. The Bertz CT molecular complexity index is 146. The van der Waals surface area contributed by atoms with E-state index in [1.54, 1.807) is 0 Å². The van der Waals surface area contributed by atoms with Crippen LogP contribution in [0.1, 0.15) is 38.5 Å². The van der Waals surface area contributed by atoms with Crippen LogP contribution in [0.25, 0.3) is 0 Å². The molecule has 1 heterocycles. The summed E-state index contributed by atoms with van der Waals surface area (Å²) in [5.41, 5.74) is 6.47. The van der Waals surface area contributed by atoms with Crippen molar-refractivity contribution in [1.82, 2.24) is 5.32 Å². The third-order valence-corrected chi connectivity index (χ3v) is 3.31. The molecule has 0 spiro atoms. The van der Waals surface area contributed by atoms with E-state index in [1.807, 2.05) is 0 Å². The molecule has 0 aromatic carbocycles. The lowest BCUT2D eigenvalue weighted by Gasteiger charge is -2.28. The summed E-state index contributed by atoms with van der Waals surface area (Å²) in [6.07, 6.45) is 7.83. The molecule has 1 saturated heterocycles. The number of rotatable bonds is 0. The molecule has 0 bridgehead atoms. The average molecular weight is 154 g/mol. The van der Waals surface area contributed by atoms with Crippen LogP contribution in [-0.4, -0.2) is 18.1 Å². The maximum atomic E-state index is 6.30. The summed E-state index contributed by atoms with van der Waals surface area (Å²) in [5, 5.41) is 3.51. The first-order valence-electron chi connectivity index (χ1n) is 4.83. The van der Waals surface area contributed by atoms with Crippen molar-refractivity contribution >= 4 is 0 Å². The highest BCUT2D eigenvalue weighted by Crippen LogP contribution is 2.31. The fraction of sp³-hybridized carbons (Fsp3) is 1.00. The number of hydrogen-bond donors (Lipinski definition) is 2. The number of nitrogens with one attached hydrogen (secondary N) is 1. The van der Waals surface area contributed by atoms with Crippen molar-refractivity contribution in [3.8, 4) is 0 Å². The van der Waals surface area contributed by atoms with E-state index in [2.05, 4.69) is 5.32 Å². The lowest BCUT2D eigenvalue weighted by atomic mass is 9.87. The first kappa shape index (κ1) is 7.56. The van der Waals surface area contributed by atoms with E-state index in [0.29, 0.717) is 6.04 Å². The standard InChI is InChI=1S/C9H18N2/c10-9-5-3-1-2-4-8(9)11-7-6-9/h8,11H,1-7,10H2. The third-order valence-electron chi connectivity index (χ3n) is 3.31. The fourth-order valence-corrected chi connectivity index (χ4v) is 2.52. The van der Waals surface area contributed by atoms with E-state index in [4.69, 9.17) is 5.73 Å². The van der Waals surface area contributed by atoms with Crippen LogP contribution in [0.15, 0.2) is 0 Å². The van der Waals surface area contributed by atoms with Gasteiger partial charge in [0.1, 0.15) is 0 Å². The van der Waals surface area contributed by atoms with Gasteiger partial charge in [0.2, 0.25) is 0 Å². The first-order chi connectivity index (χ1) is 5.31. The summed E-state index contributed by atoms with van der Waals surface area (Å²) in [7, 11) is 0. The van der Waals surface area contributed by atoms with Crippen LogP contribution in [0, 0.1) is 0 Å². The zero-order valence-electron chi connectivity index (χ0n) is 7.10. The molecule has 0 aromatic heterocycles. The molecule has 2 atom stereocenters. The molecule has 2 nitrogen and oxygen atoms in total. The second-order valence-electron chi connectivity index (χ2n) is 4.09. The van der Waals surface area contributed by atoms with Crippen molar-refractivity contribution in [3.05, 3.63) is 0 Å². The van der Waals surface area contributed by atoms with Gasteiger partial charge in [-0.15, -0.1) is 0 Å². The lowest BCUT2D eigenvalue weighted by Crippen LogP contribution is -2.49. The zero-order valence-corrected chi connectivity index (χ0v) is 7.10. The lowest BCUT2D eigenvalue weighted by molar-refractivity contribution is 0.348. The van der Waals surface area contributed by atoms with Crippen LogP contribution in [-0.2, 0) is 0 Å². The topological polar surface area (TPSA) is 38.0 Å². The van der Waals surface area contributed by atoms with Crippen molar-refractivity contribution in [1.29, 1.82) is 0 Å². The largest absolute Gasteiger partial charge is 0.324 e. The highest BCUT2D eigenvalue weighted by atomic mass is 15.0. The van der Waals surface area contributed by atoms with Gasteiger partial charge in [0.25, 0.3) is 0 Å². The summed E-state index contributed by atoms with van der Waals surface area (Å²) in [4.78, 5) is 0. The normalized spacial score (nSPS) is 45.0. The van der Waals surface area contributed by atoms with Gasteiger partial charge in [0.05, 0.1) is 0 Å². The van der Waals surface area contributed by atoms with Gasteiger partial charge in [-0.3, -0.25) is 0 Å². The molecule has 1 aliphatic carbocycles. The monoisotopic (exact) mass is 154 g/mol. The minimum absolute atomic E-state index is 0.163. The smallest absolute Gasteiger partial charge is 0.0322 e. The molecule has 2 unspecified atom stereocenters. The molecule has 2 aliphatic rings. The Balaban J connectivity index is 2.09. The molecular weight excluding hydrogens is 136 g/mol. The van der Waals surface area contributed by atoms with E-state index in [-0.39, 0.29) is 5.54 Å². The van der Waals surface area contributed by atoms with Gasteiger partial charge in [0, 0.05) is 11.6 Å². The van der Waals surface area contributed by atoms with E-state index in [9.17, 15) is 0 Å². The van der Waals surface area contributed by atoms with Crippen LogP contribution < -0.4 is 11.1 Å². The Morgan fingerprint density at radius 1 is 1.18 bits per heavy atom. The summed E-state index contributed by atoms with van der Waals surface area (Å²) in [5.74, 6) is 0. The molecule has 1 saturated carbocycles. The Hall–Kier alpha value is -0.0800. The maximum Gasteiger partial charge on any atom is 0.0322 e. The van der Waals surface area contributed by atoms with Crippen molar-refractivity contribution in [2.75, 3.05) is 6.54 Å². The Morgan fingerprint density at radius 3 is 3.00 bits per heavy atom. The molecule has 3 N–H and O–H groups in total. The van der Waals surface area contributed by atoms with E-state index in [0.717, 1.165) is 6.54 Å². The van der Waals surface area contributed by atoms with Crippen LogP contribution >= 0.6 is 0 Å². The molecule has 64 valence electrons. The van der Waals surface area contributed by atoms with Gasteiger partial charge in [0.15, 0.2) is 0 Å². The van der Waals surface area contributed by atoms with E-state index < -0.39 is 0 Å². The van der Waals surface area contributed by atoms with Crippen molar-refractivity contribution in [3.63, 3.8) is 0 Å². The summed E-state index contributed by atoms with van der Waals surface area (Å²) in [6.45, 7) is 1.14. The highest BCUT2D eigenvalue weighted by molar-refractivity contribution is 5.02. The number of hydrogen-bond acceptors (Lipinski definition) is 2. The van der Waals surface area contributed by atoms with Gasteiger partial charge < -0.3 is 11.1 Å². The van der Waals surface area contributed by atoms with Crippen LogP contribution in [0.4, 0.5) is 0 Å². The van der Waals surface area contributed by atoms with Crippen molar-refractivity contribution in [2.24, 2.45) is 5.73 Å². The molecule has 2 fully saturated rings. The molecule has 0 radical (unpaired) electrons. The van der Waals surface area contributed by atoms with Gasteiger partial charge in [-0.25, -0.2) is 0 Å². The van der Waals surface area contributed by atoms with Gasteiger partial charge in [-0.1, -0.05) is 19.3 Å². The van der Waals surface area contributed by atoms with E-state index in [1.165, 1.54) is 38.5 Å². The Kier molecular flexibility index (Phi) is 1.90. The van der Waals surface area contributed by atoms with Gasteiger partial charge >= 0.3 is 0 Å². The Labute approximate surface area is 68.5 Å². The van der Waals surface area contributed by atoms with Crippen LogP contribution in [0.3, 0.4) is 0 Å². The molecule has 0 amide bonds. The quantitative estimate of drug-likeness (QED) is 0.546. The average Bonchev–Trinajstić information content (AvgIpc) is 2.24. The molecule has 1 aliphatic heterocycles. The summed E-state index contributed by atoms with van der Waals surface area (Å²) < 4.78 is 0. The fourth-order valence-electron chi connectivity index (χ4n) is 2.52. The molecule has 2 heteroatoms. The minimum atomic E-state index is 0.163. The van der Waals surface area contributed by atoms with Gasteiger partial charge in [-0.2, -0.15) is 0 Å². The number of fused-ring (bicyclic) bond motifs is 1. The molecular formula is C9H18N2. The van der Waals surface area contributed by atoms with Crippen LogP contribution in [0.2, 0.25) is 0 Å². The zero-order chi connectivity index (χ0) is 7.73. The van der Waals surface area contributed by atoms with Crippen LogP contribution in [0.5, 0.6) is 0 Å².